The van der Waals surface area contributed by atoms with Gasteiger partial charge in [0, 0.05) is 25.2 Å². The highest BCUT2D eigenvalue weighted by Crippen LogP contribution is 2.13. The highest BCUT2D eigenvalue weighted by atomic mass is 16.5. The molecule has 112 valence electrons. The average Bonchev–Trinajstić information content (AvgIpc) is 2.44. The first-order valence-corrected chi connectivity index (χ1v) is 6.60. The summed E-state index contributed by atoms with van der Waals surface area (Å²) in [6, 6.07) is 6.98. The highest BCUT2D eigenvalue weighted by molar-refractivity contribution is 5.94. The van der Waals surface area contributed by atoms with Crippen LogP contribution in [0.4, 0.5) is 0 Å². The first-order valence-electron chi connectivity index (χ1n) is 6.60. The molecule has 0 fully saturated rings. The molecule has 6 nitrogen and oxygen atoms in total. The molecule has 0 spiro atoms. The molecule has 6 heteroatoms. The van der Waals surface area contributed by atoms with Gasteiger partial charge in [-0.15, -0.1) is 0 Å². The number of hydrazine groups is 1. The number of hydrogen-bond donors (Lipinski definition) is 2. The van der Waals surface area contributed by atoms with E-state index in [-0.39, 0.29) is 5.91 Å². The van der Waals surface area contributed by atoms with Gasteiger partial charge in [-0.3, -0.25) is 10.2 Å². The maximum Gasteiger partial charge on any atom is 0.265 e. The van der Waals surface area contributed by atoms with E-state index in [9.17, 15) is 4.79 Å². The van der Waals surface area contributed by atoms with Crippen LogP contribution in [0.3, 0.4) is 0 Å². The van der Waals surface area contributed by atoms with Crippen molar-refractivity contribution in [1.29, 1.82) is 0 Å². The number of nitrogens with one attached hydrogen (secondary N) is 1. The molecule has 20 heavy (non-hydrogen) atoms. The third-order valence-corrected chi connectivity index (χ3v) is 2.90. The lowest BCUT2D eigenvalue weighted by atomic mass is 10.2. The highest BCUT2D eigenvalue weighted by Gasteiger charge is 2.05. The summed E-state index contributed by atoms with van der Waals surface area (Å²) in [5.41, 5.74) is 2.59. The molecule has 1 aromatic rings. The van der Waals surface area contributed by atoms with Gasteiger partial charge in [-0.1, -0.05) is 6.07 Å². The molecule has 0 aromatic heterocycles. The number of amides is 1. The van der Waals surface area contributed by atoms with Crippen molar-refractivity contribution in [1.82, 2.24) is 15.2 Å². The van der Waals surface area contributed by atoms with E-state index in [1.165, 1.54) is 0 Å². The van der Waals surface area contributed by atoms with Crippen molar-refractivity contribution >= 4 is 5.91 Å². The summed E-state index contributed by atoms with van der Waals surface area (Å²) in [7, 11) is 6.17. The zero-order valence-corrected chi connectivity index (χ0v) is 12.4. The third kappa shape index (κ3) is 6.01. The number of carbonyl (C=O) groups excluding carboxylic acids is 1. The van der Waals surface area contributed by atoms with Gasteiger partial charge in [0.2, 0.25) is 0 Å². The zero-order chi connectivity index (χ0) is 15.0. The molecular formula is C14H24N4O2. The van der Waals surface area contributed by atoms with Crippen LogP contribution in [0.15, 0.2) is 24.3 Å². The van der Waals surface area contributed by atoms with Gasteiger partial charge in [0.1, 0.15) is 12.4 Å². The number of rotatable bonds is 8. The van der Waals surface area contributed by atoms with E-state index in [2.05, 4.69) is 36.4 Å². The van der Waals surface area contributed by atoms with Crippen molar-refractivity contribution in [3.63, 3.8) is 0 Å². The second kappa shape index (κ2) is 8.52. The van der Waals surface area contributed by atoms with Gasteiger partial charge >= 0.3 is 0 Å². The number of hydrogen-bond acceptors (Lipinski definition) is 5. The topological polar surface area (TPSA) is 70.8 Å². The monoisotopic (exact) mass is 280 g/mol. The van der Waals surface area contributed by atoms with E-state index in [1.54, 1.807) is 18.2 Å². The lowest BCUT2D eigenvalue weighted by molar-refractivity contribution is 0.0953. The van der Waals surface area contributed by atoms with E-state index in [4.69, 9.17) is 10.6 Å². The minimum atomic E-state index is -0.321. The van der Waals surface area contributed by atoms with Crippen LogP contribution in [0.1, 0.15) is 10.4 Å². The van der Waals surface area contributed by atoms with Crippen molar-refractivity contribution in [3.05, 3.63) is 29.8 Å². The molecule has 0 aliphatic carbocycles. The number of benzene rings is 1. The summed E-state index contributed by atoms with van der Waals surface area (Å²) < 4.78 is 5.64. The number of nitrogen functional groups attached to an aromatic ring is 1. The van der Waals surface area contributed by atoms with Crippen molar-refractivity contribution in [3.8, 4) is 5.75 Å². The Hall–Kier alpha value is -1.63. The van der Waals surface area contributed by atoms with Crippen LogP contribution in [0.5, 0.6) is 5.75 Å². The predicted octanol–water partition coefficient (Wildman–Crippen LogP) is 0.162. The number of nitrogens with zero attached hydrogens (tertiary/aromatic N) is 2. The second-order valence-electron chi connectivity index (χ2n) is 4.96. The molecule has 0 aliphatic heterocycles. The molecule has 1 aromatic carbocycles. The Morgan fingerprint density at radius 3 is 2.65 bits per heavy atom. The van der Waals surface area contributed by atoms with Gasteiger partial charge in [-0.2, -0.15) is 0 Å². The Morgan fingerprint density at radius 2 is 2.00 bits per heavy atom. The van der Waals surface area contributed by atoms with E-state index >= 15 is 0 Å². The summed E-state index contributed by atoms with van der Waals surface area (Å²) in [5.74, 6) is 5.45. The lowest BCUT2D eigenvalue weighted by Crippen LogP contribution is -2.31. The molecule has 0 saturated carbocycles. The third-order valence-electron chi connectivity index (χ3n) is 2.90. The number of ether oxygens (including phenoxy) is 1. The molecule has 0 radical (unpaired) electrons. The summed E-state index contributed by atoms with van der Waals surface area (Å²) in [6.07, 6.45) is 0. The smallest absolute Gasteiger partial charge is 0.265 e. The lowest BCUT2D eigenvalue weighted by Gasteiger charge is -2.19. The van der Waals surface area contributed by atoms with Gasteiger partial charge in [-0.25, -0.2) is 5.84 Å². The predicted molar refractivity (Wildman–Crippen MR) is 79.6 cm³/mol. The van der Waals surface area contributed by atoms with Crippen LogP contribution in [0.25, 0.3) is 0 Å². The minimum Gasteiger partial charge on any atom is -0.492 e. The van der Waals surface area contributed by atoms with Crippen LogP contribution in [0.2, 0.25) is 0 Å². The Balaban J connectivity index is 2.36. The summed E-state index contributed by atoms with van der Waals surface area (Å²) in [6.45, 7) is 3.42. The number of likely N-dealkylation sites (N-methyl/N-ethyl adjacent to an activating group) is 2. The maximum absolute atomic E-state index is 11.4. The fourth-order valence-corrected chi connectivity index (χ4v) is 1.61. The van der Waals surface area contributed by atoms with Crippen molar-refractivity contribution in [2.45, 2.75) is 0 Å². The molecule has 3 N–H and O–H groups in total. The maximum atomic E-state index is 11.4. The fourth-order valence-electron chi connectivity index (χ4n) is 1.61. The molecular weight excluding hydrogens is 256 g/mol. The normalized spacial score (nSPS) is 10.9. The molecule has 0 heterocycles. The molecule has 1 amide bonds. The second-order valence-corrected chi connectivity index (χ2v) is 4.96. The Labute approximate surface area is 120 Å². The van der Waals surface area contributed by atoms with Gasteiger partial charge in [-0.05, 0) is 39.3 Å². The van der Waals surface area contributed by atoms with Crippen molar-refractivity contribution in [2.75, 3.05) is 47.4 Å². The van der Waals surface area contributed by atoms with Crippen molar-refractivity contribution in [2.24, 2.45) is 5.84 Å². The number of nitrogens with two attached hydrogens (primary N) is 1. The zero-order valence-electron chi connectivity index (χ0n) is 12.4. The first kappa shape index (κ1) is 16.4. The quantitative estimate of drug-likeness (QED) is 0.403. The molecule has 1 rings (SSSR count). The number of carbonyl (C=O) groups is 1. The van der Waals surface area contributed by atoms with Gasteiger partial charge in [0.15, 0.2) is 0 Å². The van der Waals surface area contributed by atoms with E-state index in [0.29, 0.717) is 17.9 Å². The summed E-state index contributed by atoms with van der Waals surface area (Å²) in [4.78, 5) is 15.7. The molecule has 0 bridgehead atoms. The minimum absolute atomic E-state index is 0.321. The fraction of sp³-hybridized carbons (Fsp3) is 0.500. The Bertz CT molecular complexity index is 423. The van der Waals surface area contributed by atoms with E-state index in [0.717, 1.165) is 19.6 Å². The van der Waals surface area contributed by atoms with Crippen LogP contribution in [-0.2, 0) is 0 Å². The Kier molecular flexibility index (Phi) is 7.00. The van der Waals surface area contributed by atoms with E-state index < -0.39 is 0 Å². The van der Waals surface area contributed by atoms with Gasteiger partial charge in [0.05, 0.1) is 0 Å². The molecule has 0 atom stereocenters. The van der Waals surface area contributed by atoms with Crippen LogP contribution >= 0.6 is 0 Å². The van der Waals surface area contributed by atoms with Gasteiger partial charge < -0.3 is 14.5 Å². The van der Waals surface area contributed by atoms with Crippen molar-refractivity contribution < 1.29 is 9.53 Å². The average molecular weight is 280 g/mol. The van der Waals surface area contributed by atoms with Crippen LogP contribution in [-0.4, -0.2) is 63.1 Å². The molecule has 0 aliphatic rings. The SMILES string of the molecule is CN(C)CCN(C)CCOc1cccc(C(=O)NN)c1. The largest absolute Gasteiger partial charge is 0.492 e. The molecule has 0 unspecified atom stereocenters. The first-order chi connectivity index (χ1) is 9.52. The van der Waals surface area contributed by atoms with E-state index in [1.807, 2.05) is 6.07 Å². The standard InChI is InChI=1S/C14H24N4O2/c1-17(2)7-8-18(3)9-10-20-13-6-4-5-12(11-13)14(19)16-15/h4-6,11H,7-10,15H2,1-3H3,(H,16,19). The van der Waals surface area contributed by atoms with Crippen LogP contribution in [0, 0.1) is 0 Å². The summed E-state index contributed by atoms with van der Waals surface area (Å²) >= 11 is 0. The summed E-state index contributed by atoms with van der Waals surface area (Å²) in [5, 5.41) is 0. The molecule has 0 saturated heterocycles. The van der Waals surface area contributed by atoms with Gasteiger partial charge in [0.25, 0.3) is 5.91 Å². The Morgan fingerprint density at radius 1 is 1.25 bits per heavy atom. The van der Waals surface area contributed by atoms with Crippen LogP contribution < -0.4 is 16.0 Å².